The molecule has 2 aliphatic rings. The lowest BCUT2D eigenvalue weighted by Gasteiger charge is -2.44. The smallest absolute Gasteiger partial charge is 0.122 e. The Morgan fingerprint density at radius 2 is 1.72 bits per heavy atom. The van der Waals surface area contributed by atoms with Crippen LogP contribution in [-0.2, 0) is 6.54 Å². The Labute approximate surface area is 151 Å². The predicted molar refractivity (Wildman–Crippen MR) is 99.3 cm³/mol. The summed E-state index contributed by atoms with van der Waals surface area (Å²) in [6.45, 7) is 4.38. The van der Waals surface area contributed by atoms with E-state index < -0.39 is 0 Å². The first-order chi connectivity index (χ1) is 12.2. The zero-order valence-electron chi connectivity index (χ0n) is 15.6. The first-order valence-electron chi connectivity index (χ1n) is 9.54. The lowest BCUT2D eigenvalue weighted by atomic mass is 10.0. The summed E-state index contributed by atoms with van der Waals surface area (Å²) < 4.78 is 10.8. The summed E-state index contributed by atoms with van der Waals surface area (Å²) in [7, 11) is 3.38. The molecule has 1 aliphatic heterocycles. The molecule has 1 saturated heterocycles. The zero-order valence-corrected chi connectivity index (χ0v) is 15.6. The van der Waals surface area contributed by atoms with Crippen molar-refractivity contribution in [1.29, 1.82) is 0 Å². The van der Waals surface area contributed by atoms with Crippen molar-refractivity contribution in [3.8, 4) is 11.5 Å². The first-order valence-corrected chi connectivity index (χ1v) is 9.54. The van der Waals surface area contributed by atoms with Gasteiger partial charge in [0.2, 0.25) is 0 Å². The highest BCUT2D eigenvalue weighted by Crippen LogP contribution is 2.29. The number of ether oxygens (including phenoxy) is 2. The van der Waals surface area contributed by atoms with Crippen molar-refractivity contribution in [2.24, 2.45) is 0 Å². The Morgan fingerprint density at radius 1 is 1.04 bits per heavy atom. The Balaban J connectivity index is 1.65. The molecule has 2 fully saturated rings. The molecule has 0 radical (unpaired) electrons. The number of hydrogen-bond acceptors (Lipinski definition) is 5. The molecule has 1 N–H and O–H groups in total. The molecule has 5 nitrogen and oxygen atoms in total. The molecule has 1 aromatic rings. The van der Waals surface area contributed by atoms with Gasteiger partial charge >= 0.3 is 0 Å². The molecule has 0 amide bonds. The fraction of sp³-hybridized carbons (Fsp3) is 0.700. The van der Waals surface area contributed by atoms with Gasteiger partial charge in [-0.25, -0.2) is 0 Å². The van der Waals surface area contributed by atoms with Crippen molar-refractivity contribution in [2.45, 2.75) is 50.7 Å². The highest BCUT2D eigenvalue weighted by Gasteiger charge is 2.32. The third-order valence-corrected chi connectivity index (χ3v) is 5.69. The summed E-state index contributed by atoms with van der Waals surface area (Å²) in [5, 5.41) is 9.51. The second-order valence-corrected chi connectivity index (χ2v) is 7.30. The van der Waals surface area contributed by atoms with Gasteiger partial charge in [0.25, 0.3) is 0 Å². The Morgan fingerprint density at radius 3 is 2.32 bits per heavy atom. The van der Waals surface area contributed by atoms with E-state index in [-0.39, 0.29) is 6.61 Å². The summed E-state index contributed by atoms with van der Waals surface area (Å²) in [4.78, 5) is 5.17. The van der Waals surface area contributed by atoms with Gasteiger partial charge in [0, 0.05) is 50.9 Å². The minimum absolute atomic E-state index is 0.273. The van der Waals surface area contributed by atoms with Gasteiger partial charge < -0.3 is 14.6 Å². The maximum absolute atomic E-state index is 9.51. The van der Waals surface area contributed by atoms with Crippen LogP contribution in [0, 0.1) is 0 Å². The van der Waals surface area contributed by atoms with Crippen molar-refractivity contribution in [3.05, 3.63) is 23.8 Å². The molecule has 1 atom stereocenters. The summed E-state index contributed by atoms with van der Waals surface area (Å²) in [5.41, 5.74) is 1.22. The van der Waals surface area contributed by atoms with Crippen LogP contribution >= 0.6 is 0 Å². The molecular formula is C20H32N2O3. The molecule has 0 aromatic heterocycles. The van der Waals surface area contributed by atoms with E-state index in [4.69, 9.17) is 9.47 Å². The van der Waals surface area contributed by atoms with E-state index in [0.717, 1.165) is 50.1 Å². The van der Waals surface area contributed by atoms with Crippen molar-refractivity contribution in [1.82, 2.24) is 9.80 Å². The number of aliphatic hydroxyl groups is 1. The second-order valence-electron chi connectivity index (χ2n) is 7.30. The van der Waals surface area contributed by atoms with Gasteiger partial charge in [0.15, 0.2) is 0 Å². The van der Waals surface area contributed by atoms with E-state index in [1.807, 2.05) is 6.07 Å². The zero-order chi connectivity index (χ0) is 17.6. The average Bonchev–Trinajstić information content (AvgIpc) is 3.16. The van der Waals surface area contributed by atoms with E-state index in [1.54, 1.807) is 14.2 Å². The normalized spacial score (nSPS) is 23.1. The number of benzene rings is 1. The van der Waals surface area contributed by atoms with Crippen molar-refractivity contribution >= 4 is 0 Å². The lowest BCUT2D eigenvalue weighted by molar-refractivity contribution is 0.0267. The van der Waals surface area contributed by atoms with Gasteiger partial charge in [-0.3, -0.25) is 9.80 Å². The van der Waals surface area contributed by atoms with Gasteiger partial charge in [0.1, 0.15) is 11.5 Å². The first kappa shape index (κ1) is 18.5. The predicted octanol–water partition coefficient (Wildman–Crippen LogP) is 2.52. The number of aliphatic hydroxyl groups excluding tert-OH is 1. The van der Waals surface area contributed by atoms with Crippen LogP contribution in [0.5, 0.6) is 11.5 Å². The van der Waals surface area contributed by atoms with Crippen molar-refractivity contribution in [3.63, 3.8) is 0 Å². The topological polar surface area (TPSA) is 45.2 Å². The van der Waals surface area contributed by atoms with Gasteiger partial charge in [-0.1, -0.05) is 12.8 Å². The van der Waals surface area contributed by atoms with Crippen LogP contribution in [0.3, 0.4) is 0 Å². The van der Waals surface area contributed by atoms with Gasteiger partial charge in [-0.15, -0.1) is 0 Å². The van der Waals surface area contributed by atoms with E-state index in [1.165, 1.54) is 31.2 Å². The monoisotopic (exact) mass is 348 g/mol. The summed E-state index contributed by atoms with van der Waals surface area (Å²) in [6.07, 6.45) is 6.25. The molecule has 1 heterocycles. The molecular weight excluding hydrogens is 316 g/mol. The van der Waals surface area contributed by atoms with Gasteiger partial charge in [0.05, 0.1) is 14.2 Å². The highest BCUT2D eigenvalue weighted by atomic mass is 16.5. The van der Waals surface area contributed by atoms with Crippen molar-refractivity contribution < 1.29 is 14.6 Å². The highest BCUT2D eigenvalue weighted by molar-refractivity contribution is 5.38. The lowest BCUT2D eigenvalue weighted by Crippen LogP contribution is -2.55. The number of rotatable bonds is 7. The largest absolute Gasteiger partial charge is 0.497 e. The average molecular weight is 348 g/mol. The maximum atomic E-state index is 9.51. The van der Waals surface area contributed by atoms with Crippen LogP contribution in [0.15, 0.2) is 18.2 Å². The van der Waals surface area contributed by atoms with E-state index in [2.05, 4.69) is 21.9 Å². The minimum atomic E-state index is 0.273. The molecule has 0 spiro atoms. The second kappa shape index (κ2) is 8.88. The maximum Gasteiger partial charge on any atom is 0.122 e. The van der Waals surface area contributed by atoms with Gasteiger partial charge in [-0.2, -0.15) is 0 Å². The standard InChI is InChI=1S/C20H32N2O3/c1-24-19-11-16(12-20(13-19)25-2)14-21-8-9-22(17-5-3-4-6-17)18(15-21)7-10-23/h11-13,17-18,23H,3-10,14-15H2,1-2H3/t18-/m0/s1. The Hall–Kier alpha value is -1.30. The number of hydrogen-bond donors (Lipinski definition) is 1. The molecule has 1 aliphatic carbocycles. The third-order valence-electron chi connectivity index (χ3n) is 5.69. The summed E-state index contributed by atoms with van der Waals surface area (Å²) in [6, 6.07) is 7.29. The van der Waals surface area contributed by atoms with Crippen LogP contribution in [0.4, 0.5) is 0 Å². The Bertz CT molecular complexity index is 523. The fourth-order valence-corrected chi connectivity index (χ4v) is 4.42. The molecule has 0 unspecified atom stereocenters. The van der Waals surface area contributed by atoms with E-state index in [9.17, 15) is 5.11 Å². The van der Waals surface area contributed by atoms with Crippen LogP contribution in [0.1, 0.15) is 37.7 Å². The molecule has 25 heavy (non-hydrogen) atoms. The fourth-order valence-electron chi connectivity index (χ4n) is 4.42. The summed E-state index contributed by atoms with van der Waals surface area (Å²) in [5.74, 6) is 1.68. The quantitative estimate of drug-likeness (QED) is 0.820. The molecule has 3 rings (SSSR count). The number of methoxy groups -OCH3 is 2. The third kappa shape index (κ3) is 4.66. The summed E-state index contributed by atoms with van der Waals surface area (Å²) >= 11 is 0. The Kier molecular flexibility index (Phi) is 6.57. The molecule has 0 bridgehead atoms. The van der Waals surface area contributed by atoms with Crippen LogP contribution in [0.2, 0.25) is 0 Å². The SMILES string of the molecule is COc1cc(CN2CCN(C3CCCC3)[C@@H](CCO)C2)cc(OC)c1. The minimum Gasteiger partial charge on any atom is -0.497 e. The van der Waals surface area contributed by atoms with Crippen LogP contribution in [0.25, 0.3) is 0 Å². The molecule has 1 aromatic carbocycles. The number of piperazine rings is 1. The van der Waals surface area contributed by atoms with Crippen LogP contribution in [-0.4, -0.2) is 67.5 Å². The number of nitrogens with zero attached hydrogens (tertiary/aromatic N) is 2. The van der Waals surface area contributed by atoms with E-state index >= 15 is 0 Å². The van der Waals surface area contributed by atoms with Gasteiger partial charge in [-0.05, 0) is 37.0 Å². The van der Waals surface area contributed by atoms with Crippen molar-refractivity contribution in [2.75, 3.05) is 40.5 Å². The van der Waals surface area contributed by atoms with Crippen LogP contribution < -0.4 is 9.47 Å². The molecule has 5 heteroatoms. The van der Waals surface area contributed by atoms with E-state index in [0.29, 0.717) is 6.04 Å². The molecule has 140 valence electrons. The molecule has 1 saturated carbocycles.